The molecule has 0 aliphatic heterocycles. The van der Waals surface area contributed by atoms with Gasteiger partial charge in [-0.15, -0.1) is 0 Å². The first-order valence-corrected chi connectivity index (χ1v) is 13.1. The van der Waals surface area contributed by atoms with Gasteiger partial charge >= 0.3 is 8.56 Å². The summed E-state index contributed by atoms with van der Waals surface area (Å²) < 4.78 is 12.9. The van der Waals surface area contributed by atoms with Crippen LogP contribution in [0.15, 0.2) is 0 Å². The Morgan fingerprint density at radius 1 is 0.870 bits per heavy atom. The van der Waals surface area contributed by atoms with Crippen molar-refractivity contribution in [1.82, 2.24) is 0 Å². The smallest absolute Gasteiger partial charge is 0.341 e. The van der Waals surface area contributed by atoms with Crippen molar-refractivity contribution in [3.05, 3.63) is 0 Å². The first-order chi connectivity index (χ1) is 11.2. The van der Waals surface area contributed by atoms with E-state index in [0.717, 1.165) is 13.2 Å². The second-order valence-corrected chi connectivity index (χ2v) is 11.8. The molecule has 1 saturated carbocycles. The van der Waals surface area contributed by atoms with Crippen LogP contribution in [0.1, 0.15) is 91.4 Å². The zero-order chi connectivity index (χ0) is 17.0. The van der Waals surface area contributed by atoms with Crippen molar-refractivity contribution >= 4 is 24.5 Å². The first-order valence-electron chi connectivity index (χ1n) is 10.1. The lowest BCUT2D eigenvalue weighted by Crippen LogP contribution is -2.48. The second kappa shape index (κ2) is 12.9. The minimum atomic E-state index is -2.08. The molecule has 23 heavy (non-hydrogen) atoms. The molecule has 1 fully saturated rings. The van der Waals surface area contributed by atoms with Gasteiger partial charge in [0, 0.05) is 23.6 Å². The molecule has 0 amide bonds. The summed E-state index contributed by atoms with van der Waals surface area (Å²) in [6, 6.07) is 1.20. The van der Waals surface area contributed by atoms with E-state index in [1.807, 2.05) is 0 Å². The lowest BCUT2D eigenvalue weighted by molar-refractivity contribution is 0.165. The molecule has 0 saturated heterocycles. The van der Waals surface area contributed by atoms with Crippen LogP contribution in [-0.4, -0.2) is 26.6 Å². The van der Waals surface area contributed by atoms with E-state index in [2.05, 4.69) is 36.7 Å². The lowest BCUT2D eigenvalue weighted by Gasteiger charge is -2.39. The molecule has 0 heterocycles. The van der Waals surface area contributed by atoms with E-state index in [1.54, 1.807) is 0 Å². The highest BCUT2D eigenvalue weighted by Gasteiger charge is 2.45. The molecule has 2 nitrogen and oxygen atoms in total. The van der Waals surface area contributed by atoms with Crippen molar-refractivity contribution in [2.75, 3.05) is 13.2 Å². The van der Waals surface area contributed by atoms with Gasteiger partial charge in [0.15, 0.2) is 0 Å². The number of rotatable bonds is 11. The van der Waals surface area contributed by atoms with Crippen molar-refractivity contribution in [3.8, 4) is 0 Å². The SMILES string of the molecule is CCCCCCC[Si](OCC)(OCC)C1CCCCCC(Br)C1. The highest BCUT2D eigenvalue weighted by molar-refractivity contribution is 9.09. The molecule has 2 atom stereocenters. The predicted molar refractivity (Wildman–Crippen MR) is 107 cm³/mol. The van der Waals surface area contributed by atoms with Crippen LogP contribution < -0.4 is 0 Å². The molecule has 4 heteroatoms. The maximum atomic E-state index is 6.46. The van der Waals surface area contributed by atoms with Crippen LogP contribution in [0.4, 0.5) is 0 Å². The van der Waals surface area contributed by atoms with Crippen molar-refractivity contribution in [2.45, 2.75) is 108 Å². The Labute approximate surface area is 154 Å². The van der Waals surface area contributed by atoms with E-state index in [-0.39, 0.29) is 0 Å². The minimum Gasteiger partial charge on any atom is -0.394 e. The molecule has 1 rings (SSSR count). The van der Waals surface area contributed by atoms with Crippen molar-refractivity contribution in [3.63, 3.8) is 0 Å². The van der Waals surface area contributed by atoms with Crippen LogP contribution in [0.5, 0.6) is 0 Å². The quantitative estimate of drug-likeness (QED) is 0.209. The fourth-order valence-electron chi connectivity index (χ4n) is 3.97. The van der Waals surface area contributed by atoms with Crippen LogP contribution in [0.2, 0.25) is 11.6 Å². The average molecular weight is 408 g/mol. The first kappa shape index (κ1) is 21.7. The zero-order valence-corrected chi connectivity index (χ0v) is 18.3. The van der Waals surface area contributed by atoms with Gasteiger partial charge in [-0.05, 0) is 39.2 Å². The standard InChI is InChI=1S/C19H39BrO2Si/c1-4-7-8-9-13-16-23(21-5-2,22-6-3)19-15-12-10-11-14-18(20)17-19/h18-19H,4-17H2,1-3H3. The summed E-state index contributed by atoms with van der Waals surface area (Å²) in [7, 11) is -2.08. The third-order valence-electron chi connectivity index (χ3n) is 5.14. The molecule has 0 radical (unpaired) electrons. The van der Waals surface area contributed by atoms with Crippen LogP contribution in [0, 0.1) is 0 Å². The normalized spacial score (nSPS) is 23.5. The van der Waals surface area contributed by atoms with Crippen molar-refractivity contribution in [1.29, 1.82) is 0 Å². The molecule has 0 aromatic carbocycles. The van der Waals surface area contributed by atoms with E-state index in [9.17, 15) is 0 Å². The lowest BCUT2D eigenvalue weighted by atomic mass is 10.0. The monoisotopic (exact) mass is 406 g/mol. The second-order valence-electron chi connectivity index (χ2n) is 7.01. The Bertz CT molecular complexity index is 283. The third-order valence-corrected chi connectivity index (χ3v) is 10.3. The van der Waals surface area contributed by atoms with Crippen LogP contribution in [-0.2, 0) is 8.85 Å². The summed E-state index contributed by atoms with van der Waals surface area (Å²) in [5.41, 5.74) is 0.665. The Kier molecular flexibility index (Phi) is 12.2. The highest BCUT2D eigenvalue weighted by Crippen LogP contribution is 2.41. The third kappa shape index (κ3) is 8.02. The van der Waals surface area contributed by atoms with Gasteiger partial charge in [0.2, 0.25) is 0 Å². The van der Waals surface area contributed by atoms with Gasteiger partial charge in [0.25, 0.3) is 0 Å². The summed E-state index contributed by atoms with van der Waals surface area (Å²) in [5.74, 6) is 0. The summed E-state index contributed by atoms with van der Waals surface area (Å²) in [6.45, 7) is 8.19. The number of hydrogen-bond donors (Lipinski definition) is 0. The molecule has 0 aromatic heterocycles. The minimum absolute atomic E-state index is 0.653. The molecule has 1 aliphatic rings. The van der Waals surface area contributed by atoms with Gasteiger partial charge < -0.3 is 8.85 Å². The Hall–Kier alpha value is 0.617. The predicted octanol–water partition coefficient (Wildman–Crippen LogP) is 6.96. The van der Waals surface area contributed by atoms with E-state index in [1.165, 1.54) is 76.7 Å². The van der Waals surface area contributed by atoms with E-state index in [4.69, 9.17) is 8.85 Å². The molecule has 2 unspecified atom stereocenters. The summed E-state index contributed by atoms with van der Waals surface area (Å²) in [6.07, 6.45) is 14.6. The van der Waals surface area contributed by atoms with Crippen molar-refractivity contribution < 1.29 is 8.85 Å². The number of alkyl halides is 1. The molecule has 0 N–H and O–H groups in total. The molecular formula is C19H39BrO2Si. The van der Waals surface area contributed by atoms with Gasteiger partial charge in [-0.25, -0.2) is 0 Å². The van der Waals surface area contributed by atoms with Crippen LogP contribution in [0.3, 0.4) is 0 Å². The molecule has 1 aliphatic carbocycles. The van der Waals surface area contributed by atoms with E-state index >= 15 is 0 Å². The molecule has 0 aromatic rings. The summed E-state index contributed by atoms with van der Waals surface area (Å²) >= 11 is 3.92. The van der Waals surface area contributed by atoms with Gasteiger partial charge in [0.1, 0.15) is 0 Å². The Morgan fingerprint density at radius 3 is 2.17 bits per heavy atom. The summed E-state index contributed by atoms with van der Waals surface area (Å²) in [5, 5.41) is 0. The van der Waals surface area contributed by atoms with Gasteiger partial charge in [-0.2, -0.15) is 0 Å². The topological polar surface area (TPSA) is 18.5 Å². The maximum Gasteiger partial charge on any atom is 0.341 e. The van der Waals surface area contributed by atoms with E-state index in [0.29, 0.717) is 10.4 Å². The Morgan fingerprint density at radius 2 is 1.52 bits per heavy atom. The highest BCUT2D eigenvalue weighted by atomic mass is 79.9. The maximum absolute atomic E-state index is 6.46. The van der Waals surface area contributed by atoms with Gasteiger partial charge in [-0.3, -0.25) is 0 Å². The Balaban J connectivity index is 2.73. The fraction of sp³-hybridized carbons (Fsp3) is 1.00. The molecule has 138 valence electrons. The van der Waals surface area contributed by atoms with Crippen LogP contribution in [0.25, 0.3) is 0 Å². The number of hydrogen-bond acceptors (Lipinski definition) is 2. The van der Waals surface area contributed by atoms with Crippen LogP contribution >= 0.6 is 15.9 Å². The number of unbranched alkanes of at least 4 members (excludes halogenated alkanes) is 4. The number of halogens is 1. The van der Waals surface area contributed by atoms with Gasteiger partial charge in [0.05, 0.1) is 0 Å². The van der Waals surface area contributed by atoms with Gasteiger partial charge in [-0.1, -0.05) is 74.2 Å². The molecule has 0 bridgehead atoms. The zero-order valence-electron chi connectivity index (χ0n) is 15.7. The average Bonchev–Trinajstić information content (AvgIpc) is 2.51. The molecular weight excluding hydrogens is 368 g/mol. The molecule has 0 spiro atoms. The van der Waals surface area contributed by atoms with E-state index < -0.39 is 8.56 Å². The summed E-state index contributed by atoms with van der Waals surface area (Å²) in [4.78, 5) is 0.653. The van der Waals surface area contributed by atoms with Crippen molar-refractivity contribution in [2.24, 2.45) is 0 Å². The largest absolute Gasteiger partial charge is 0.394 e. The fourth-order valence-corrected chi connectivity index (χ4v) is 9.35.